The molecule has 0 amide bonds. The summed E-state index contributed by atoms with van der Waals surface area (Å²) in [6.07, 6.45) is 6.29. The van der Waals surface area contributed by atoms with Crippen LogP contribution in [0.2, 0.25) is 0 Å². The lowest BCUT2D eigenvalue weighted by Gasteiger charge is -2.35. The van der Waals surface area contributed by atoms with E-state index in [-0.39, 0.29) is 5.82 Å². The summed E-state index contributed by atoms with van der Waals surface area (Å²) in [5.74, 6) is 0.518. The van der Waals surface area contributed by atoms with E-state index >= 15 is 0 Å². The van der Waals surface area contributed by atoms with E-state index in [1.165, 1.54) is 44.6 Å². The quantitative estimate of drug-likeness (QED) is 0.852. The van der Waals surface area contributed by atoms with Gasteiger partial charge in [0, 0.05) is 18.6 Å². The number of aromatic nitrogens is 1. The van der Waals surface area contributed by atoms with E-state index in [1.54, 1.807) is 6.07 Å². The van der Waals surface area contributed by atoms with Crippen molar-refractivity contribution in [2.75, 3.05) is 18.4 Å². The van der Waals surface area contributed by atoms with Crippen molar-refractivity contribution in [1.82, 2.24) is 9.88 Å². The van der Waals surface area contributed by atoms with Gasteiger partial charge in [-0.15, -0.1) is 0 Å². The number of fused-ring (bicyclic) bond motifs is 1. The van der Waals surface area contributed by atoms with Crippen molar-refractivity contribution in [3.8, 4) is 0 Å². The summed E-state index contributed by atoms with van der Waals surface area (Å²) in [7, 11) is 0. The maximum atomic E-state index is 12.7. The van der Waals surface area contributed by atoms with Gasteiger partial charge in [0.25, 0.3) is 0 Å². The van der Waals surface area contributed by atoms with Crippen LogP contribution in [0.25, 0.3) is 0 Å². The molecule has 1 aromatic heterocycles. The smallest absolute Gasteiger partial charge is 0.141 e. The largest absolute Gasteiger partial charge is 0.367 e. The number of anilines is 1. The number of pyridine rings is 1. The molecule has 4 heteroatoms. The Morgan fingerprint density at radius 3 is 3.06 bits per heavy atom. The molecule has 0 radical (unpaired) electrons. The fourth-order valence-electron chi connectivity index (χ4n) is 3.03. The number of halogens is 1. The van der Waals surface area contributed by atoms with Gasteiger partial charge in [0.1, 0.15) is 11.6 Å². The molecule has 92 valence electrons. The van der Waals surface area contributed by atoms with E-state index in [0.717, 1.165) is 18.3 Å². The Morgan fingerprint density at radius 2 is 2.24 bits per heavy atom. The van der Waals surface area contributed by atoms with Gasteiger partial charge >= 0.3 is 0 Å². The van der Waals surface area contributed by atoms with E-state index in [4.69, 9.17) is 0 Å². The zero-order valence-electron chi connectivity index (χ0n) is 9.90. The molecule has 2 aliphatic rings. The first-order chi connectivity index (χ1) is 8.31. The van der Waals surface area contributed by atoms with E-state index < -0.39 is 0 Å². The average Bonchev–Trinajstić information content (AvgIpc) is 2.79. The third-order valence-corrected chi connectivity index (χ3v) is 3.90. The van der Waals surface area contributed by atoms with Crippen LogP contribution in [0.1, 0.15) is 25.7 Å². The van der Waals surface area contributed by atoms with Crippen molar-refractivity contribution in [3.05, 3.63) is 24.1 Å². The lowest BCUT2D eigenvalue weighted by atomic mass is 9.97. The molecule has 3 rings (SSSR count). The summed E-state index contributed by atoms with van der Waals surface area (Å²) in [5, 5.41) is 3.42. The summed E-state index contributed by atoms with van der Waals surface area (Å²) in [6.45, 7) is 2.45. The molecule has 3 nitrogen and oxygen atoms in total. The minimum Gasteiger partial charge on any atom is -0.367 e. The van der Waals surface area contributed by atoms with Crippen molar-refractivity contribution < 1.29 is 4.39 Å². The van der Waals surface area contributed by atoms with Crippen LogP contribution in [0.3, 0.4) is 0 Å². The van der Waals surface area contributed by atoms with E-state index in [2.05, 4.69) is 15.2 Å². The molecule has 2 unspecified atom stereocenters. The second kappa shape index (κ2) is 4.61. The second-order valence-electron chi connectivity index (χ2n) is 5.06. The van der Waals surface area contributed by atoms with Crippen LogP contribution in [0.4, 0.5) is 10.2 Å². The number of piperidine rings is 1. The zero-order chi connectivity index (χ0) is 11.7. The van der Waals surface area contributed by atoms with Crippen LogP contribution in [0.15, 0.2) is 18.3 Å². The first-order valence-corrected chi connectivity index (χ1v) is 6.43. The van der Waals surface area contributed by atoms with Gasteiger partial charge in [-0.1, -0.05) is 0 Å². The number of nitrogens with one attached hydrogen (secondary N) is 1. The van der Waals surface area contributed by atoms with E-state index in [0.29, 0.717) is 6.04 Å². The third-order valence-electron chi connectivity index (χ3n) is 3.90. The molecule has 1 N–H and O–H groups in total. The van der Waals surface area contributed by atoms with E-state index in [1.807, 2.05) is 0 Å². The van der Waals surface area contributed by atoms with Crippen LogP contribution in [-0.2, 0) is 0 Å². The van der Waals surface area contributed by atoms with Crippen LogP contribution in [-0.4, -0.2) is 35.1 Å². The predicted octanol–water partition coefficient (Wildman–Crippen LogP) is 2.26. The van der Waals surface area contributed by atoms with Crippen molar-refractivity contribution >= 4 is 5.82 Å². The molecular formula is C13H18FN3. The molecule has 0 aliphatic carbocycles. The van der Waals surface area contributed by atoms with E-state index in [9.17, 15) is 4.39 Å². The number of hydrogen-bond donors (Lipinski definition) is 1. The second-order valence-corrected chi connectivity index (χ2v) is 5.06. The molecular weight excluding hydrogens is 217 g/mol. The predicted molar refractivity (Wildman–Crippen MR) is 65.4 cm³/mol. The molecule has 3 heterocycles. The Labute approximate surface area is 101 Å². The molecule has 2 aliphatic heterocycles. The molecule has 2 fully saturated rings. The Morgan fingerprint density at radius 1 is 1.29 bits per heavy atom. The van der Waals surface area contributed by atoms with Gasteiger partial charge in [0.2, 0.25) is 0 Å². The van der Waals surface area contributed by atoms with Gasteiger partial charge < -0.3 is 10.2 Å². The average molecular weight is 235 g/mol. The maximum absolute atomic E-state index is 12.7. The Kier molecular flexibility index (Phi) is 2.97. The fraction of sp³-hybridized carbons (Fsp3) is 0.615. The summed E-state index contributed by atoms with van der Waals surface area (Å²) in [4.78, 5) is 6.65. The minimum absolute atomic E-state index is 0.277. The number of rotatable bonds is 2. The first-order valence-electron chi connectivity index (χ1n) is 6.43. The van der Waals surface area contributed by atoms with Gasteiger partial charge in [-0.05, 0) is 44.4 Å². The molecule has 0 bridgehead atoms. The van der Waals surface area contributed by atoms with Crippen molar-refractivity contribution in [3.63, 3.8) is 0 Å². The molecule has 0 saturated carbocycles. The Hall–Kier alpha value is -1.16. The Bertz CT molecular complexity index is 379. The minimum atomic E-state index is -0.277. The monoisotopic (exact) mass is 235 g/mol. The van der Waals surface area contributed by atoms with Crippen LogP contribution < -0.4 is 5.32 Å². The normalized spacial score (nSPS) is 29.0. The van der Waals surface area contributed by atoms with Crippen LogP contribution >= 0.6 is 0 Å². The topological polar surface area (TPSA) is 28.2 Å². The van der Waals surface area contributed by atoms with Gasteiger partial charge in [-0.3, -0.25) is 0 Å². The fourth-order valence-corrected chi connectivity index (χ4v) is 3.03. The van der Waals surface area contributed by atoms with Gasteiger partial charge in [0.05, 0.1) is 6.20 Å². The highest BCUT2D eigenvalue weighted by Crippen LogP contribution is 2.28. The maximum Gasteiger partial charge on any atom is 0.141 e. The highest BCUT2D eigenvalue weighted by atomic mass is 19.1. The Balaban J connectivity index is 1.60. The molecule has 2 saturated heterocycles. The molecule has 2 atom stereocenters. The first kappa shape index (κ1) is 11.0. The van der Waals surface area contributed by atoms with Gasteiger partial charge in [-0.2, -0.15) is 0 Å². The van der Waals surface area contributed by atoms with Crippen LogP contribution in [0.5, 0.6) is 0 Å². The summed E-state index contributed by atoms with van der Waals surface area (Å²) in [6, 6.07) is 4.42. The standard InChI is InChI=1S/C13H18FN3/c14-10-3-4-13(15-9-10)16-11-5-7-17-6-1-2-12(17)8-11/h3-4,9,11-12H,1-2,5-8H2,(H,15,16). The lowest BCUT2D eigenvalue weighted by Crippen LogP contribution is -2.42. The zero-order valence-corrected chi connectivity index (χ0v) is 9.90. The third kappa shape index (κ3) is 2.41. The van der Waals surface area contributed by atoms with Crippen molar-refractivity contribution in [2.45, 2.75) is 37.8 Å². The molecule has 0 spiro atoms. The lowest BCUT2D eigenvalue weighted by molar-refractivity contribution is 0.188. The highest BCUT2D eigenvalue weighted by molar-refractivity contribution is 5.35. The summed E-state index contributed by atoms with van der Waals surface area (Å²) in [5.41, 5.74) is 0. The summed E-state index contributed by atoms with van der Waals surface area (Å²) >= 11 is 0. The van der Waals surface area contributed by atoms with Crippen molar-refractivity contribution in [1.29, 1.82) is 0 Å². The molecule has 17 heavy (non-hydrogen) atoms. The van der Waals surface area contributed by atoms with Crippen LogP contribution in [0, 0.1) is 5.82 Å². The van der Waals surface area contributed by atoms with Gasteiger partial charge in [-0.25, -0.2) is 9.37 Å². The SMILES string of the molecule is Fc1ccc(NC2CCN3CCCC3C2)nc1. The van der Waals surface area contributed by atoms with Gasteiger partial charge in [0.15, 0.2) is 0 Å². The molecule has 1 aromatic rings. The summed E-state index contributed by atoms with van der Waals surface area (Å²) < 4.78 is 12.7. The van der Waals surface area contributed by atoms with Crippen molar-refractivity contribution in [2.24, 2.45) is 0 Å². The number of nitrogens with zero attached hydrogens (tertiary/aromatic N) is 2. The highest BCUT2D eigenvalue weighted by Gasteiger charge is 2.31. The number of hydrogen-bond acceptors (Lipinski definition) is 3. The molecule has 0 aromatic carbocycles.